The van der Waals surface area contributed by atoms with Gasteiger partial charge in [0.05, 0.1) is 5.69 Å². The number of rotatable bonds is 4. The minimum atomic E-state index is -1.81. The van der Waals surface area contributed by atoms with Crippen molar-refractivity contribution < 1.29 is 9.90 Å². The largest absolute Gasteiger partial charge is 0.372 e. The van der Waals surface area contributed by atoms with Crippen LogP contribution in [0.15, 0.2) is 85.3 Å². The summed E-state index contributed by atoms with van der Waals surface area (Å²) in [4.78, 5) is 13.1. The van der Waals surface area contributed by atoms with Gasteiger partial charge in [-0.2, -0.15) is 0 Å². The molecule has 0 atom stereocenters. The van der Waals surface area contributed by atoms with Crippen molar-refractivity contribution in [3.63, 3.8) is 0 Å². The van der Waals surface area contributed by atoms with E-state index in [4.69, 9.17) is 0 Å². The van der Waals surface area contributed by atoms with Crippen LogP contribution in [-0.4, -0.2) is 25.6 Å². The number of nitrogens with zero attached hydrogens (tertiary/aromatic N) is 3. The Balaban J connectivity index is 1.75. The summed E-state index contributed by atoms with van der Waals surface area (Å²) in [5.41, 5.74) is 0.380. The Morgan fingerprint density at radius 1 is 0.923 bits per heavy atom. The van der Waals surface area contributed by atoms with Gasteiger partial charge >= 0.3 is 0 Å². The van der Waals surface area contributed by atoms with E-state index in [1.165, 1.54) is 0 Å². The van der Waals surface area contributed by atoms with Crippen LogP contribution in [0.2, 0.25) is 0 Å². The van der Waals surface area contributed by atoms with Crippen molar-refractivity contribution in [1.82, 2.24) is 14.6 Å². The number of anilines is 1. The van der Waals surface area contributed by atoms with Gasteiger partial charge in [0.1, 0.15) is 6.33 Å². The van der Waals surface area contributed by atoms with E-state index in [-0.39, 0.29) is 0 Å². The summed E-state index contributed by atoms with van der Waals surface area (Å²) < 4.78 is 1.69. The highest BCUT2D eigenvalue weighted by Gasteiger charge is 2.39. The number of fused-ring (bicyclic) bond motifs is 1. The molecule has 2 heterocycles. The first-order valence-corrected chi connectivity index (χ1v) is 8.12. The lowest BCUT2D eigenvalue weighted by Crippen LogP contribution is -2.41. The third-order valence-corrected chi connectivity index (χ3v) is 4.26. The number of benzene rings is 2. The zero-order valence-corrected chi connectivity index (χ0v) is 13.8. The summed E-state index contributed by atoms with van der Waals surface area (Å²) in [5.74, 6) is -0.540. The predicted molar refractivity (Wildman–Crippen MR) is 97.5 cm³/mol. The molecule has 4 aromatic rings. The van der Waals surface area contributed by atoms with Gasteiger partial charge in [-0.25, -0.2) is 0 Å². The molecule has 2 aromatic heterocycles. The molecule has 0 spiro atoms. The number of aromatic nitrogens is 3. The number of hydrogen-bond donors (Lipinski definition) is 2. The second-order valence-electron chi connectivity index (χ2n) is 5.91. The van der Waals surface area contributed by atoms with Crippen molar-refractivity contribution in [2.24, 2.45) is 0 Å². The molecule has 0 aliphatic carbocycles. The molecule has 0 unspecified atom stereocenters. The quantitative estimate of drug-likeness (QED) is 0.596. The van der Waals surface area contributed by atoms with Gasteiger partial charge in [0.25, 0.3) is 5.91 Å². The molecule has 1 amide bonds. The maximum Gasteiger partial charge on any atom is 0.265 e. The van der Waals surface area contributed by atoms with E-state index in [1.54, 1.807) is 77.6 Å². The summed E-state index contributed by atoms with van der Waals surface area (Å²) >= 11 is 0. The lowest BCUT2D eigenvalue weighted by Gasteiger charge is -2.28. The van der Waals surface area contributed by atoms with Crippen LogP contribution in [0.5, 0.6) is 0 Å². The van der Waals surface area contributed by atoms with Crippen molar-refractivity contribution in [1.29, 1.82) is 0 Å². The van der Waals surface area contributed by atoms with Crippen LogP contribution in [-0.2, 0) is 10.4 Å². The smallest absolute Gasteiger partial charge is 0.265 e. The summed E-state index contributed by atoms with van der Waals surface area (Å²) in [6.07, 6.45) is 3.25. The van der Waals surface area contributed by atoms with Crippen molar-refractivity contribution >= 4 is 17.2 Å². The number of pyridine rings is 1. The van der Waals surface area contributed by atoms with Gasteiger partial charge in [0.2, 0.25) is 0 Å². The second-order valence-corrected chi connectivity index (χ2v) is 5.91. The lowest BCUT2D eigenvalue weighted by atomic mass is 9.85. The number of aliphatic hydroxyl groups is 1. The van der Waals surface area contributed by atoms with Gasteiger partial charge in [-0.15, -0.1) is 10.2 Å². The fourth-order valence-electron chi connectivity index (χ4n) is 2.91. The average molecular weight is 344 g/mol. The van der Waals surface area contributed by atoms with Crippen LogP contribution in [0.4, 0.5) is 5.69 Å². The molecule has 2 N–H and O–H groups in total. The van der Waals surface area contributed by atoms with Crippen LogP contribution in [0, 0.1) is 0 Å². The number of carbonyl (C=O) groups excluding carboxylic acids is 1. The molecular formula is C20H16N4O2. The lowest BCUT2D eigenvalue weighted by molar-refractivity contribution is -0.131. The Morgan fingerprint density at radius 3 is 2.15 bits per heavy atom. The van der Waals surface area contributed by atoms with Crippen molar-refractivity contribution in [2.45, 2.75) is 5.60 Å². The highest BCUT2D eigenvalue weighted by Crippen LogP contribution is 2.31. The maximum absolute atomic E-state index is 13.1. The predicted octanol–water partition coefficient (Wildman–Crippen LogP) is 2.60. The first kappa shape index (κ1) is 16.0. The number of amides is 1. The topological polar surface area (TPSA) is 79.5 Å². The average Bonchev–Trinajstić information content (AvgIpc) is 3.16. The highest BCUT2D eigenvalue weighted by atomic mass is 16.3. The van der Waals surface area contributed by atoms with Crippen LogP contribution in [0.25, 0.3) is 5.65 Å². The zero-order valence-electron chi connectivity index (χ0n) is 13.8. The Hall–Kier alpha value is -3.51. The molecule has 4 rings (SSSR count). The molecule has 0 aliphatic rings. The van der Waals surface area contributed by atoms with Gasteiger partial charge in [-0.3, -0.25) is 9.20 Å². The third-order valence-electron chi connectivity index (χ3n) is 4.26. The maximum atomic E-state index is 13.1. The molecule has 6 heteroatoms. The molecule has 6 nitrogen and oxygen atoms in total. The Kier molecular flexibility index (Phi) is 3.95. The number of hydrogen-bond acceptors (Lipinski definition) is 4. The van der Waals surface area contributed by atoms with E-state index in [1.807, 2.05) is 12.1 Å². The molecule has 0 fully saturated rings. The molecule has 0 saturated carbocycles. The molecule has 0 bridgehead atoms. The monoisotopic (exact) mass is 344 g/mol. The van der Waals surface area contributed by atoms with E-state index in [0.717, 1.165) is 0 Å². The van der Waals surface area contributed by atoms with E-state index in [0.29, 0.717) is 22.5 Å². The summed E-state index contributed by atoms with van der Waals surface area (Å²) in [6.45, 7) is 0. The number of nitrogens with one attached hydrogen (secondary N) is 1. The standard InChI is InChI=1S/C20H16N4O2/c25-19(22-17-11-12-18-23-21-14-24(18)13-17)20(26,15-7-3-1-4-8-15)16-9-5-2-6-10-16/h1-14,26H,(H,22,25). The van der Waals surface area contributed by atoms with E-state index in [9.17, 15) is 9.90 Å². The minimum absolute atomic E-state index is 0.495. The van der Waals surface area contributed by atoms with Gasteiger partial charge < -0.3 is 10.4 Å². The first-order valence-electron chi connectivity index (χ1n) is 8.12. The SMILES string of the molecule is O=C(Nc1ccc2nncn2c1)C(O)(c1ccccc1)c1ccccc1. The molecule has 26 heavy (non-hydrogen) atoms. The molecule has 2 aromatic carbocycles. The van der Waals surface area contributed by atoms with Gasteiger partial charge in [-0.1, -0.05) is 60.7 Å². The molecule has 0 saturated heterocycles. The Labute approximate surface area is 149 Å². The van der Waals surface area contributed by atoms with Gasteiger partial charge in [-0.05, 0) is 23.3 Å². The van der Waals surface area contributed by atoms with E-state index in [2.05, 4.69) is 15.5 Å². The van der Waals surface area contributed by atoms with Gasteiger partial charge in [0.15, 0.2) is 11.2 Å². The molecule has 0 radical (unpaired) electrons. The van der Waals surface area contributed by atoms with Crippen LogP contribution >= 0.6 is 0 Å². The third kappa shape index (κ3) is 2.72. The van der Waals surface area contributed by atoms with Crippen LogP contribution in [0.3, 0.4) is 0 Å². The molecule has 0 aliphatic heterocycles. The second kappa shape index (κ2) is 6.42. The molecular weight excluding hydrogens is 328 g/mol. The van der Waals surface area contributed by atoms with E-state index < -0.39 is 11.5 Å². The normalized spacial score (nSPS) is 11.4. The van der Waals surface area contributed by atoms with Crippen molar-refractivity contribution in [3.05, 3.63) is 96.4 Å². The zero-order chi connectivity index (χ0) is 18.0. The Bertz CT molecular complexity index is 1010. The van der Waals surface area contributed by atoms with Crippen LogP contribution < -0.4 is 5.32 Å². The summed E-state index contributed by atoms with van der Waals surface area (Å²) in [6, 6.07) is 21.2. The van der Waals surface area contributed by atoms with Crippen molar-refractivity contribution in [3.8, 4) is 0 Å². The van der Waals surface area contributed by atoms with Crippen molar-refractivity contribution in [2.75, 3.05) is 5.32 Å². The minimum Gasteiger partial charge on any atom is -0.372 e. The summed E-state index contributed by atoms with van der Waals surface area (Å²) in [5, 5.41) is 22.0. The fourth-order valence-corrected chi connectivity index (χ4v) is 2.91. The highest BCUT2D eigenvalue weighted by molar-refractivity contribution is 6.00. The van der Waals surface area contributed by atoms with E-state index >= 15 is 0 Å². The van der Waals surface area contributed by atoms with Crippen LogP contribution in [0.1, 0.15) is 11.1 Å². The fraction of sp³-hybridized carbons (Fsp3) is 0.0500. The summed E-state index contributed by atoms with van der Waals surface area (Å²) in [7, 11) is 0. The van der Waals surface area contributed by atoms with Gasteiger partial charge in [0, 0.05) is 6.20 Å². The number of carbonyl (C=O) groups is 1. The molecule has 128 valence electrons. The Morgan fingerprint density at radius 2 is 1.54 bits per heavy atom. The first-order chi connectivity index (χ1) is 12.7.